The Morgan fingerprint density at radius 3 is 2.28 bits per heavy atom. The maximum absolute atomic E-state index is 12.9. The number of ketones is 1. The van der Waals surface area contributed by atoms with Crippen LogP contribution in [0.15, 0.2) is 58.6 Å². The van der Waals surface area contributed by atoms with Crippen molar-refractivity contribution in [1.29, 1.82) is 0 Å². The summed E-state index contributed by atoms with van der Waals surface area (Å²) >= 11 is 3.43. The van der Waals surface area contributed by atoms with E-state index in [-0.39, 0.29) is 11.3 Å². The van der Waals surface area contributed by atoms with Crippen LogP contribution in [0, 0.1) is 6.92 Å². The highest BCUT2D eigenvalue weighted by Crippen LogP contribution is 2.39. The minimum atomic E-state index is -0.619. The second-order valence-corrected chi connectivity index (χ2v) is 8.39. The van der Waals surface area contributed by atoms with Crippen LogP contribution < -0.4 is 0 Å². The monoisotopic (exact) mass is 455 g/mol. The highest BCUT2D eigenvalue weighted by molar-refractivity contribution is 9.10. The van der Waals surface area contributed by atoms with Crippen LogP contribution in [-0.4, -0.2) is 28.2 Å². The number of carbonyl (C=O) groups excluding carboxylic acids is 2. The number of amides is 1. The van der Waals surface area contributed by atoms with Gasteiger partial charge in [0.1, 0.15) is 5.76 Å². The lowest BCUT2D eigenvalue weighted by atomic mass is 9.95. The lowest BCUT2D eigenvalue weighted by Gasteiger charge is -2.25. The van der Waals surface area contributed by atoms with Crippen molar-refractivity contribution in [3.63, 3.8) is 0 Å². The van der Waals surface area contributed by atoms with Crippen molar-refractivity contribution in [2.45, 2.75) is 45.6 Å². The number of hydrogen-bond acceptors (Lipinski definition) is 3. The first-order valence-corrected chi connectivity index (χ1v) is 10.8. The van der Waals surface area contributed by atoms with Crippen LogP contribution in [0.4, 0.5) is 0 Å². The number of likely N-dealkylation sites (tertiary alicyclic amines) is 1. The molecule has 1 heterocycles. The third-order valence-corrected chi connectivity index (χ3v) is 5.83. The van der Waals surface area contributed by atoms with Gasteiger partial charge in [0.15, 0.2) is 0 Å². The molecule has 3 rings (SSSR count). The van der Waals surface area contributed by atoms with E-state index in [1.165, 1.54) is 0 Å². The number of rotatable bonds is 7. The first-order chi connectivity index (χ1) is 13.9. The van der Waals surface area contributed by atoms with E-state index >= 15 is 0 Å². The topological polar surface area (TPSA) is 57.6 Å². The molecule has 1 N–H and O–H groups in total. The Hall–Kier alpha value is -2.40. The van der Waals surface area contributed by atoms with Crippen molar-refractivity contribution in [1.82, 2.24) is 4.90 Å². The van der Waals surface area contributed by atoms with E-state index in [0.717, 1.165) is 41.3 Å². The van der Waals surface area contributed by atoms with Crippen molar-refractivity contribution in [2.75, 3.05) is 6.54 Å². The molecule has 0 radical (unpaired) electrons. The molecular weight excluding hydrogens is 430 g/mol. The number of Topliss-reactive ketones (excluding diaryl/α,β-unsaturated/α-hetero) is 1. The van der Waals surface area contributed by atoms with Crippen molar-refractivity contribution in [3.8, 4) is 0 Å². The molecule has 152 valence electrons. The maximum atomic E-state index is 12.9. The molecule has 0 aliphatic carbocycles. The third-order valence-electron chi connectivity index (χ3n) is 5.30. The summed E-state index contributed by atoms with van der Waals surface area (Å²) in [6, 6.07) is 14.3. The molecule has 29 heavy (non-hydrogen) atoms. The van der Waals surface area contributed by atoms with Crippen molar-refractivity contribution >= 4 is 33.4 Å². The largest absolute Gasteiger partial charge is 0.507 e. The Kier molecular flexibility index (Phi) is 6.91. The molecule has 5 heteroatoms. The minimum absolute atomic E-state index is 0.118. The number of aliphatic hydroxyl groups excluding tert-OH is 1. The van der Waals surface area contributed by atoms with E-state index < -0.39 is 17.7 Å². The fourth-order valence-electron chi connectivity index (χ4n) is 3.68. The van der Waals surface area contributed by atoms with E-state index in [2.05, 4.69) is 22.9 Å². The summed E-state index contributed by atoms with van der Waals surface area (Å²) in [5.74, 6) is -1.28. The van der Waals surface area contributed by atoms with E-state index in [9.17, 15) is 14.7 Å². The molecule has 4 nitrogen and oxygen atoms in total. The number of unbranched alkanes of at least 4 members (excludes halogenated alkanes) is 3. The normalized spacial score (nSPS) is 18.4. The molecule has 1 fully saturated rings. The number of aryl methyl sites for hydroxylation is 1. The summed E-state index contributed by atoms with van der Waals surface area (Å²) in [5, 5.41) is 11.0. The quantitative estimate of drug-likeness (QED) is 0.250. The predicted molar refractivity (Wildman–Crippen MR) is 118 cm³/mol. The van der Waals surface area contributed by atoms with Gasteiger partial charge >= 0.3 is 0 Å². The van der Waals surface area contributed by atoms with Gasteiger partial charge in [-0.25, -0.2) is 0 Å². The molecule has 0 spiro atoms. The van der Waals surface area contributed by atoms with Gasteiger partial charge in [0.2, 0.25) is 0 Å². The number of benzene rings is 2. The highest BCUT2D eigenvalue weighted by atomic mass is 79.9. The fraction of sp³-hybridized carbons (Fsp3) is 0.333. The summed E-state index contributed by atoms with van der Waals surface area (Å²) < 4.78 is 0.916. The van der Waals surface area contributed by atoms with Crippen LogP contribution in [0.25, 0.3) is 5.76 Å². The van der Waals surface area contributed by atoms with Crippen LogP contribution in [0.2, 0.25) is 0 Å². The molecule has 2 aromatic rings. The van der Waals surface area contributed by atoms with Gasteiger partial charge in [-0.1, -0.05) is 84.1 Å². The number of carbonyl (C=O) groups is 2. The number of aliphatic hydroxyl groups is 1. The lowest BCUT2D eigenvalue weighted by molar-refractivity contribution is -0.139. The van der Waals surface area contributed by atoms with Gasteiger partial charge in [0.25, 0.3) is 11.7 Å². The van der Waals surface area contributed by atoms with Gasteiger partial charge in [-0.15, -0.1) is 0 Å². The van der Waals surface area contributed by atoms with Gasteiger partial charge in [0.05, 0.1) is 11.6 Å². The second-order valence-electron chi connectivity index (χ2n) is 7.47. The maximum Gasteiger partial charge on any atom is 0.295 e. The zero-order chi connectivity index (χ0) is 21.0. The molecule has 0 saturated carbocycles. The molecule has 1 atom stereocenters. The molecule has 1 saturated heterocycles. The molecule has 1 aliphatic heterocycles. The van der Waals surface area contributed by atoms with Crippen LogP contribution in [0.3, 0.4) is 0 Å². The van der Waals surface area contributed by atoms with E-state index in [1.54, 1.807) is 17.0 Å². The van der Waals surface area contributed by atoms with E-state index in [4.69, 9.17) is 0 Å². The average Bonchev–Trinajstić information content (AvgIpc) is 2.96. The Balaban J connectivity index is 2.05. The molecular formula is C24H26BrNO3. The second kappa shape index (κ2) is 9.40. The van der Waals surface area contributed by atoms with Crippen molar-refractivity contribution in [2.24, 2.45) is 0 Å². The van der Waals surface area contributed by atoms with Crippen LogP contribution >= 0.6 is 15.9 Å². The number of nitrogens with zero attached hydrogens (tertiary/aromatic N) is 1. The molecule has 0 aromatic heterocycles. The summed E-state index contributed by atoms with van der Waals surface area (Å²) in [5.41, 5.74) is 2.58. The van der Waals surface area contributed by atoms with Crippen LogP contribution in [0.1, 0.15) is 55.3 Å². The Morgan fingerprint density at radius 1 is 1.00 bits per heavy atom. The molecule has 1 aliphatic rings. The van der Waals surface area contributed by atoms with Gasteiger partial charge in [-0.05, 0) is 31.0 Å². The first kappa shape index (κ1) is 21.3. The van der Waals surface area contributed by atoms with E-state index in [0.29, 0.717) is 12.1 Å². The third kappa shape index (κ3) is 4.61. The zero-order valence-corrected chi connectivity index (χ0v) is 18.4. The zero-order valence-electron chi connectivity index (χ0n) is 16.8. The van der Waals surface area contributed by atoms with Crippen LogP contribution in [-0.2, 0) is 9.59 Å². The number of hydrogen-bond donors (Lipinski definition) is 1. The Morgan fingerprint density at radius 2 is 1.66 bits per heavy atom. The van der Waals surface area contributed by atoms with Crippen molar-refractivity contribution in [3.05, 3.63) is 75.3 Å². The van der Waals surface area contributed by atoms with E-state index in [1.807, 2.05) is 43.3 Å². The van der Waals surface area contributed by atoms with Gasteiger partial charge in [-0.2, -0.15) is 0 Å². The summed E-state index contributed by atoms with van der Waals surface area (Å²) in [7, 11) is 0. The predicted octanol–water partition coefficient (Wildman–Crippen LogP) is 5.76. The smallest absolute Gasteiger partial charge is 0.295 e. The minimum Gasteiger partial charge on any atom is -0.507 e. The van der Waals surface area contributed by atoms with Gasteiger partial charge in [-0.3, -0.25) is 9.59 Å². The van der Waals surface area contributed by atoms with Gasteiger partial charge < -0.3 is 10.0 Å². The lowest BCUT2D eigenvalue weighted by Crippen LogP contribution is -2.30. The van der Waals surface area contributed by atoms with Crippen molar-refractivity contribution < 1.29 is 14.7 Å². The first-order valence-electron chi connectivity index (χ1n) is 10.0. The van der Waals surface area contributed by atoms with Crippen LogP contribution in [0.5, 0.6) is 0 Å². The average molecular weight is 456 g/mol. The number of halogens is 1. The highest BCUT2D eigenvalue weighted by Gasteiger charge is 2.45. The molecule has 2 aromatic carbocycles. The summed E-state index contributed by atoms with van der Waals surface area (Å²) in [4.78, 5) is 27.4. The molecule has 1 unspecified atom stereocenters. The Labute approximate surface area is 180 Å². The Bertz CT molecular complexity index is 916. The fourth-order valence-corrected chi connectivity index (χ4v) is 3.94. The SMILES string of the molecule is CCCCCCN1C(=O)C(=O)C(=C(O)c2ccc(C)cc2)C1c1ccc(Br)cc1. The summed E-state index contributed by atoms with van der Waals surface area (Å²) in [6.07, 6.45) is 4.03. The standard InChI is InChI=1S/C24H26BrNO3/c1-3-4-5-6-15-26-21(17-11-13-19(25)14-12-17)20(23(28)24(26)29)22(27)18-9-7-16(2)8-10-18/h7-14,21,27H,3-6,15H2,1-2H3. The molecule has 0 bridgehead atoms. The molecule has 1 amide bonds. The van der Waals surface area contributed by atoms with Gasteiger partial charge in [0, 0.05) is 16.6 Å². The summed E-state index contributed by atoms with van der Waals surface area (Å²) in [6.45, 7) is 4.59.